The fourth-order valence-electron chi connectivity index (χ4n) is 8.57. The van der Waals surface area contributed by atoms with E-state index in [0.29, 0.717) is 5.95 Å². The van der Waals surface area contributed by atoms with Gasteiger partial charge in [-0.25, -0.2) is 9.97 Å². The summed E-state index contributed by atoms with van der Waals surface area (Å²) in [5, 5.41) is 7.82. The number of hydrogen-bond donors (Lipinski definition) is 0. The summed E-state index contributed by atoms with van der Waals surface area (Å²) >= 11 is 0. The second-order valence-corrected chi connectivity index (χ2v) is 13.7. The van der Waals surface area contributed by atoms with E-state index in [0.717, 1.165) is 71.5 Å². The van der Waals surface area contributed by atoms with Gasteiger partial charge in [0.1, 0.15) is 19.0 Å². The Morgan fingerprint density at radius 2 is 1.21 bits per heavy atom. The maximum absolute atomic E-state index is 6.94. The van der Waals surface area contributed by atoms with Crippen molar-refractivity contribution in [1.29, 1.82) is 0 Å². The van der Waals surface area contributed by atoms with Crippen molar-refractivity contribution in [2.24, 2.45) is 0 Å². The van der Waals surface area contributed by atoms with Crippen LogP contribution in [0.3, 0.4) is 0 Å². The Balaban J connectivity index is 1.39. The minimum Gasteiger partial charge on any atom is -0.456 e. The van der Waals surface area contributed by atoms with E-state index in [4.69, 9.17) is 14.4 Å². The zero-order chi connectivity index (χ0) is 34.3. The molecule has 1 aliphatic heterocycles. The standard InChI is InChI=1S/C46H29B2N3O/c47-37-24-13-23-36-40-43-39(32-20-9-10-21-33(32)45(40)52-44(36)37)35-27-26-28-14-7-8-19-31(28)41(35)48(30-17-5-2-6-18-30)51(43)46-49-38-25-12-11-22-34(38)42(50-46)29-15-3-1-4-16-29/h1-27H,47H2. The van der Waals surface area contributed by atoms with E-state index in [1.54, 1.807) is 0 Å². The molecule has 0 fully saturated rings. The van der Waals surface area contributed by atoms with Gasteiger partial charge in [0.15, 0.2) is 0 Å². The van der Waals surface area contributed by atoms with Gasteiger partial charge in [-0.05, 0) is 38.7 Å². The maximum atomic E-state index is 6.94. The molecule has 0 N–H and O–H groups in total. The Labute approximate surface area is 301 Å². The van der Waals surface area contributed by atoms with Crippen LogP contribution in [0.25, 0.3) is 76.8 Å². The van der Waals surface area contributed by atoms with E-state index in [1.165, 1.54) is 27.4 Å². The third-order valence-corrected chi connectivity index (χ3v) is 10.8. The minimum absolute atomic E-state index is 0.251. The summed E-state index contributed by atoms with van der Waals surface area (Å²) < 4.78 is 6.94. The molecule has 0 bridgehead atoms. The van der Waals surface area contributed by atoms with E-state index in [-0.39, 0.29) is 6.85 Å². The molecule has 0 saturated heterocycles. The Kier molecular flexibility index (Phi) is 6.26. The SMILES string of the molecule is Bc1cccc2c1oc1c3ccccc3c3c(c21)N(c1nc(-c2ccccc2)c2ccccc2n1)B(c1ccccc1)c1c-3ccc2ccccc12. The van der Waals surface area contributed by atoms with Crippen molar-refractivity contribution >= 4 is 97.1 Å². The number of nitrogens with zero attached hydrogens (tertiary/aromatic N) is 3. The van der Waals surface area contributed by atoms with Crippen LogP contribution >= 0.6 is 0 Å². The van der Waals surface area contributed by atoms with Crippen LogP contribution in [0.5, 0.6) is 0 Å². The van der Waals surface area contributed by atoms with Crippen LogP contribution in [0.2, 0.25) is 0 Å². The average molecular weight is 661 g/mol. The van der Waals surface area contributed by atoms with Gasteiger partial charge in [-0.2, -0.15) is 0 Å². The Morgan fingerprint density at radius 3 is 2.04 bits per heavy atom. The highest BCUT2D eigenvalue weighted by molar-refractivity contribution is 6.92. The summed E-state index contributed by atoms with van der Waals surface area (Å²) in [5.41, 5.74) is 11.6. The highest BCUT2D eigenvalue weighted by Crippen LogP contribution is 2.51. The molecular formula is C46H29B2N3O. The molecule has 0 aliphatic carbocycles. The van der Waals surface area contributed by atoms with Crippen molar-refractivity contribution in [3.8, 4) is 22.4 Å². The molecule has 6 heteroatoms. The van der Waals surface area contributed by atoms with Crippen LogP contribution < -0.4 is 21.2 Å². The third-order valence-electron chi connectivity index (χ3n) is 10.8. The molecule has 240 valence electrons. The molecule has 3 heterocycles. The molecule has 0 radical (unpaired) electrons. The number of furan rings is 1. The molecular weight excluding hydrogens is 632 g/mol. The van der Waals surface area contributed by atoms with E-state index in [9.17, 15) is 0 Å². The number of benzene rings is 8. The van der Waals surface area contributed by atoms with Gasteiger partial charge in [-0.1, -0.05) is 163 Å². The molecule has 10 aromatic rings. The molecule has 8 aromatic carbocycles. The van der Waals surface area contributed by atoms with Crippen molar-refractivity contribution < 1.29 is 4.42 Å². The Hall–Kier alpha value is -6.65. The van der Waals surface area contributed by atoms with Crippen molar-refractivity contribution in [2.45, 2.75) is 0 Å². The Morgan fingerprint density at radius 1 is 0.538 bits per heavy atom. The highest BCUT2D eigenvalue weighted by atomic mass is 16.3. The maximum Gasteiger partial charge on any atom is 0.332 e. The molecule has 1 aliphatic rings. The second-order valence-electron chi connectivity index (χ2n) is 13.7. The fourth-order valence-corrected chi connectivity index (χ4v) is 8.57. The van der Waals surface area contributed by atoms with Crippen molar-refractivity contribution in [3.05, 3.63) is 164 Å². The lowest BCUT2D eigenvalue weighted by Gasteiger charge is -2.39. The predicted octanol–water partition coefficient (Wildman–Crippen LogP) is 8.69. The first-order valence-electron chi connectivity index (χ1n) is 17.8. The lowest BCUT2D eigenvalue weighted by atomic mass is 9.45. The van der Waals surface area contributed by atoms with E-state index >= 15 is 0 Å². The van der Waals surface area contributed by atoms with Gasteiger partial charge in [0.25, 0.3) is 0 Å². The number of fused-ring (bicyclic) bond motifs is 13. The van der Waals surface area contributed by atoms with Crippen LogP contribution in [0.4, 0.5) is 11.6 Å². The lowest BCUT2D eigenvalue weighted by Crippen LogP contribution is -2.58. The topological polar surface area (TPSA) is 42.2 Å². The number of anilines is 2. The molecule has 0 unspecified atom stereocenters. The van der Waals surface area contributed by atoms with Gasteiger partial charge in [-0.15, -0.1) is 0 Å². The molecule has 0 spiro atoms. The molecule has 0 saturated carbocycles. The van der Waals surface area contributed by atoms with Crippen molar-refractivity contribution in [3.63, 3.8) is 0 Å². The van der Waals surface area contributed by atoms with Crippen LogP contribution in [0, 0.1) is 0 Å². The monoisotopic (exact) mass is 661 g/mol. The highest BCUT2D eigenvalue weighted by Gasteiger charge is 2.42. The molecule has 0 atom stereocenters. The van der Waals surface area contributed by atoms with E-state index < -0.39 is 0 Å². The molecule has 11 rings (SSSR count). The van der Waals surface area contributed by atoms with Crippen molar-refractivity contribution in [1.82, 2.24) is 9.97 Å². The van der Waals surface area contributed by atoms with Crippen LogP contribution in [-0.2, 0) is 0 Å². The van der Waals surface area contributed by atoms with Gasteiger partial charge in [-0.3, -0.25) is 0 Å². The first-order chi connectivity index (χ1) is 25.7. The number of aromatic nitrogens is 2. The average Bonchev–Trinajstić information content (AvgIpc) is 3.61. The molecule has 2 aromatic heterocycles. The van der Waals surface area contributed by atoms with E-state index in [2.05, 4.69) is 176 Å². The van der Waals surface area contributed by atoms with Crippen LogP contribution in [0.15, 0.2) is 168 Å². The van der Waals surface area contributed by atoms with Gasteiger partial charge in [0.05, 0.1) is 22.3 Å². The van der Waals surface area contributed by atoms with Crippen LogP contribution in [-0.4, -0.2) is 24.7 Å². The summed E-state index contributed by atoms with van der Waals surface area (Å²) in [6.07, 6.45) is 0. The summed E-state index contributed by atoms with van der Waals surface area (Å²) in [6, 6.07) is 58.2. The van der Waals surface area contributed by atoms with Gasteiger partial charge < -0.3 is 9.23 Å². The Bertz CT molecular complexity index is 3050. The first kappa shape index (κ1) is 29.1. The summed E-state index contributed by atoms with van der Waals surface area (Å²) in [4.78, 5) is 13.5. The number of hydrogen-bond acceptors (Lipinski definition) is 4. The molecule has 0 amide bonds. The quantitative estimate of drug-likeness (QED) is 0.178. The zero-order valence-corrected chi connectivity index (χ0v) is 28.4. The molecule has 52 heavy (non-hydrogen) atoms. The first-order valence-corrected chi connectivity index (χ1v) is 17.8. The largest absolute Gasteiger partial charge is 0.456 e. The van der Waals surface area contributed by atoms with Crippen LogP contribution in [0.1, 0.15) is 0 Å². The number of rotatable bonds is 3. The minimum atomic E-state index is -0.251. The zero-order valence-electron chi connectivity index (χ0n) is 28.4. The summed E-state index contributed by atoms with van der Waals surface area (Å²) in [5.74, 6) is 0.643. The van der Waals surface area contributed by atoms with Gasteiger partial charge in [0, 0.05) is 27.3 Å². The van der Waals surface area contributed by atoms with Crippen molar-refractivity contribution in [2.75, 3.05) is 4.81 Å². The summed E-state index contributed by atoms with van der Waals surface area (Å²) in [6.45, 7) is -0.251. The molecule has 4 nitrogen and oxygen atoms in total. The fraction of sp³-hybridized carbons (Fsp3) is 0. The van der Waals surface area contributed by atoms with E-state index in [1.807, 2.05) is 0 Å². The second kappa shape index (κ2) is 11.2. The predicted molar refractivity (Wildman–Crippen MR) is 221 cm³/mol. The normalized spacial score (nSPS) is 12.6. The smallest absolute Gasteiger partial charge is 0.332 e. The number of para-hydroxylation sites is 2. The summed E-state index contributed by atoms with van der Waals surface area (Å²) in [7, 11) is 2.13. The lowest BCUT2D eigenvalue weighted by molar-refractivity contribution is 0.675. The van der Waals surface area contributed by atoms with Gasteiger partial charge >= 0.3 is 6.85 Å². The third kappa shape index (κ3) is 4.12. The van der Waals surface area contributed by atoms with Gasteiger partial charge in [0.2, 0.25) is 5.95 Å².